The van der Waals surface area contributed by atoms with Crippen molar-refractivity contribution in [1.29, 1.82) is 0 Å². The van der Waals surface area contributed by atoms with Gasteiger partial charge in [-0.05, 0) is 116 Å². The highest BCUT2D eigenvalue weighted by atomic mass is 15.2. The van der Waals surface area contributed by atoms with Crippen molar-refractivity contribution in [3.05, 3.63) is 229 Å². The molecule has 0 fully saturated rings. The molecule has 0 amide bonds. The lowest BCUT2D eigenvalue weighted by molar-refractivity contribution is 0.660. The molecule has 296 valence electrons. The van der Waals surface area contributed by atoms with Crippen molar-refractivity contribution in [2.75, 3.05) is 4.90 Å². The van der Waals surface area contributed by atoms with Crippen molar-refractivity contribution in [3.63, 3.8) is 0 Å². The number of fused-ring (bicyclic) bond motifs is 9. The molecule has 0 saturated carbocycles. The molecule has 12 rings (SSSR count). The zero-order valence-corrected chi connectivity index (χ0v) is 35.5. The van der Waals surface area contributed by atoms with Crippen LogP contribution in [0.15, 0.2) is 206 Å². The van der Waals surface area contributed by atoms with Gasteiger partial charge in [-0.15, -0.1) is 0 Å². The first-order chi connectivity index (χ1) is 30.3. The van der Waals surface area contributed by atoms with Crippen LogP contribution in [0.5, 0.6) is 0 Å². The molecule has 2 nitrogen and oxygen atoms in total. The number of rotatable bonds is 6. The van der Waals surface area contributed by atoms with Crippen LogP contribution in [0.1, 0.15) is 49.9 Å². The van der Waals surface area contributed by atoms with Crippen molar-refractivity contribution in [2.24, 2.45) is 0 Å². The lowest BCUT2D eigenvalue weighted by atomic mass is 9.81. The van der Waals surface area contributed by atoms with Gasteiger partial charge in [0.1, 0.15) is 0 Å². The Balaban J connectivity index is 1.12. The predicted octanol–water partition coefficient (Wildman–Crippen LogP) is 16.2. The molecule has 0 saturated heterocycles. The number of anilines is 3. The van der Waals surface area contributed by atoms with Crippen LogP contribution in [0.4, 0.5) is 17.1 Å². The van der Waals surface area contributed by atoms with Crippen LogP contribution in [-0.4, -0.2) is 4.57 Å². The molecule has 0 bridgehead atoms. The summed E-state index contributed by atoms with van der Waals surface area (Å²) in [6.07, 6.45) is 0. The minimum atomic E-state index is -0.110. The van der Waals surface area contributed by atoms with E-state index >= 15 is 0 Å². The fourth-order valence-electron chi connectivity index (χ4n) is 11.0. The van der Waals surface area contributed by atoms with Crippen molar-refractivity contribution in [1.82, 2.24) is 4.57 Å². The van der Waals surface area contributed by atoms with Crippen LogP contribution in [0, 0.1) is 0 Å². The maximum Gasteiger partial charge on any atom is 0.0562 e. The largest absolute Gasteiger partial charge is 0.309 e. The van der Waals surface area contributed by atoms with Gasteiger partial charge in [-0.2, -0.15) is 0 Å². The Morgan fingerprint density at radius 3 is 1.77 bits per heavy atom. The van der Waals surface area contributed by atoms with Crippen LogP contribution < -0.4 is 4.90 Å². The number of hydrogen-bond donors (Lipinski definition) is 0. The van der Waals surface area contributed by atoms with E-state index in [4.69, 9.17) is 0 Å². The highest BCUT2D eigenvalue weighted by molar-refractivity contribution is 6.17. The number of aromatic nitrogens is 1. The van der Waals surface area contributed by atoms with Gasteiger partial charge in [-0.3, -0.25) is 0 Å². The summed E-state index contributed by atoms with van der Waals surface area (Å²) in [6.45, 7) is 9.46. The zero-order valence-electron chi connectivity index (χ0n) is 35.5. The SMILES string of the molecule is CC1(C)c2ccccc2-c2ccc(-c3cccc(N(c4ccccc4-c4cccc5c4-c4ccccc4C5(C)C)c4cccc5c4c4ccccc4n5-c4ccccc4)c3)cc21. The average molecular weight is 795 g/mol. The Bertz CT molecular complexity index is 3420. The van der Waals surface area contributed by atoms with Crippen molar-refractivity contribution >= 4 is 38.9 Å². The fourth-order valence-corrected chi connectivity index (χ4v) is 11.0. The first kappa shape index (κ1) is 36.4. The topological polar surface area (TPSA) is 8.17 Å². The molecule has 0 aliphatic heterocycles. The van der Waals surface area contributed by atoms with Gasteiger partial charge in [0.05, 0.1) is 22.4 Å². The molecule has 1 heterocycles. The third kappa shape index (κ3) is 5.23. The van der Waals surface area contributed by atoms with Crippen LogP contribution in [0.3, 0.4) is 0 Å². The fraction of sp³-hybridized carbons (Fsp3) is 0.100. The van der Waals surface area contributed by atoms with Crippen LogP contribution >= 0.6 is 0 Å². The van der Waals surface area contributed by atoms with E-state index in [0.29, 0.717) is 0 Å². The summed E-state index contributed by atoms with van der Waals surface area (Å²) >= 11 is 0. The van der Waals surface area contributed by atoms with Gasteiger partial charge in [0.15, 0.2) is 0 Å². The molecular formula is C60H46N2. The Labute approximate surface area is 364 Å². The summed E-state index contributed by atoms with van der Waals surface area (Å²) < 4.78 is 2.42. The highest BCUT2D eigenvalue weighted by Gasteiger charge is 2.38. The maximum atomic E-state index is 2.53. The second-order valence-corrected chi connectivity index (χ2v) is 18.1. The minimum absolute atomic E-state index is 0.0870. The third-order valence-corrected chi connectivity index (χ3v) is 14.0. The second-order valence-electron chi connectivity index (χ2n) is 18.1. The number of hydrogen-bond acceptors (Lipinski definition) is 1. The molecule has 10 aromatic rings. The molecule has 2 aliphatic rings. The maximum absolute atomic E-state index is 2.53. The molecule has 0 N–H and O–H groups in total. The lowest BCUT2D eigenvalue weighted by Gasteiger charge is -2.30. The van der Waals surface area contributed by atoms with Crippen molar-refractivity contribution in [2.45, 2.75) is 38.5 Å². The van der Waals surface area contributed by atoms with E-state index < -0.39 is 0 Å². The van der Waals surface area contributed by atoms with E-state index in [-0.39, 0.29) is 10.8 Å². The van der Waals surface area contributed by atoms with Crippen LogP contribution in [-0.2, 0) is 10.8 Å². The summed E-state index contributed by atoms with van der Waals surface area (Å²) in [4.78, 5) is 2.53. The number of para-hydroxylation sites is 3. The van der Waals surface area contributed by atoms with Gasteiger partial charge in [0.25, 0.3) is 0 Å². The standard InChI is InChI=1S/C60H46N2/c1-59(2)50-29-13-9-25-47(50)57-46(27-17-30-51(57)59)45-24-10-14-31-53(45)62(56-34-18-33-55-58(56)48-26-11-15-32-54(48)61(55)41-20-6-5-7-21-41)42-22-16-19-39(37-42)40-35-36-44-43-23-8-12-28-49(43)60(3,4)52(44)38-40/h5-38H,1-4H3. The van der Waals surface area contributed by atoms with Gasteiger partial charge < -0.3 is 9.47 Å². The molecular weight excluding hydrogens is 749 g/mol. The van der Waals surface area contributed by atoms with E-state index in [9.17, 15) is 0 Å². The third-order valence-electron chi connectivity index (χ3n) is 14.0. The minimum Gasteiger partial charge on any atom is -0.309 e. The second kappa shape index (κ2) is 13.5. The molecule has 0 spiro atoms. The van der Waals surface area contributed by atoms with Crippen molar-refractivity contribution in [3.8, 4) is 50.2 Å². The number of benzene rings is 9. The highest BCUT2D eigenvalue weighted by Crippen LogP contribution is 2.55. The normalized spacial score (nSPS) is 14.1. The summed E-state index contributed by atoms with van der Waals surface area (Å²) in [7, 11) is 0. The summed E-state index contributed by atoms with van der Waals surface area (Å²) in [5.41, 5.74) is 22.4. The van der Waals surface area contributed by atoms with E-state index in [1.807, 2.05) is 0 Å². The molecule has 62 heavy (non-hydrogen) atoms. The lowest BCUT2D eigenvalue weighted by Crippen LogP contribution is -2.15. The molecule has 0 atom stereocenters. The smallest absolute Gasteiger partial charge is 0.0562 e. The van der Waals surface area contributed by atoms with Crippen molar-refractivity contribution < 1.29 is 0 Å². The van der Waals surface area contributed by atoms with E-state index in [1.165, 1.54) is 88.6 Å². The first-order valence-electron chi connectivity index (χ1n) is 21.9. The molecule has 1 aromatic heterocycles. The van der Waals surface area contributed by atoms with E-state index in [1.54, 1.807) is 0 Å². The summed E-state index contributed by atoms with van der Waals surface area (Å²) in [5, 5.41) is 2.44. The van der Waals surface area contributed by atoms with Gasteiger partial charge >= 0.3 is 0 Å². The van der Waals surface area contributed by atoms with E-state index in [2.05, 4.69) is 243 Å². The average Bonchev–Trinajstić information content (AvgIpc) is 3.87. The van der Waals surface area contributed by atoms with Gasteiger partial charge in [0, 0.05) is 38.5 Å². The van der Waals surface area contributed by atoms with E-state index in [0.717, 1.165) is 22.7 Å². The summed E-state index contributed by atoms with van der Waals surface area (Å²) in [6, 6.07) is 76.6. The Hall–Kier alpha value is -7.42. The monoisotopic (exact) mass is 794 g/mol. The summed E-state index contributed by atoms with van der Waals surface area (Å²) in [5.74, 6) is 0. The van der Waals surface area contributed by atoms with Gasteiger partial charge in [-0.1, -0.05) is 179 Å². The van der Waals surface area contributed by atoms with Gasteiger partial charge in [0.2, 0.25) is 0 Å². The van der Waals surface area contributed by atoms with Crippen LogP contribution in [0.25, 0.3) is 72.0 Å². The Morgan fingerprint density at radius 2 is 0.935 bits per heavy atom. The predicted molar refractivity (Wildman–Crippen MR) is 261 cm³/mol. The molecule has 2 heteroatoms. The van der Waals surface area contributed by atoms with Crippen LogP contribution in [0.2, 0.25) is 0 Å². The number of nitrogens with zero attached hydrogens (tertiary/aromatic N) is 2. The molecule has 0 radical (unpaired) electrons. The van der Waals surface area contributed by atoms with Gasteiger partial charge in [-0.25, -0.2) is 0 Å². The quantitative estimate of drug-likeness (QED) is 0.163. The Morgan fingerprint density at radius 1 is 0.371 bits per heavy atom. The molecule has 0 unspecified atom stereocenters. The zero-order chi connectivity index (χ0) is 41.7. The first-order valence-corrected chi connectivity index (χ1v) is 21.9. The molecule has 2 aliphatic carbocycles. The molecule has 9 aromatic carbocycles. The Kier molecular flexibility index (Phi) is 7.96.